The van der Waals surface area contributed by atoms with Crippen LogP contribution in [0, 0.1) is 13.8 Å². The van der Waals surface area contributed by atoms with Crippen LogP contribution in [0.3, 0.4) is 0 Å². The topological polar surface area (TPSA) is 222 Å². The number of carbonyl (C=O) groups excluding carboxylic acids is 1. The maximum atomic E-state index is 12.6. The molecule has 66 heavy (non-hydrogen) atoms. The van der Waals surface area contributed by atoms with Gasteiger partial charge in [0, 0.05) is 89.8 Å². The highest BCUT2D eigenvalue weighted by Gasteiger charge is 2.12. The Morgan fingerprint density at radius 1 is 0.682 bits per heavy atom. The number of carboxylic acids is 1. The van der Waals surface area contributed by atoms with E-state index in [9.17, 15) is 14.0 Å². The maximum Gasteiger partial charge on any atom is 0.335 e. The number of carbonyl (C=O) groups is 2. The molecule has 0 atom stereocenters. The molecule has 0 spiro atoms. The fraction of sp³-hybridized carbons (Fsp3) is 0.149. The Kier molecular flexibility index (Phi) is 19.1. The molecule has 0 bridgehead atoms. The molecule has 0 unspecified atom stereocenters. The highest BCUT2D eigenvalue weighted by atomic mass is 35.5. The number of hydrogen-bond donors (Lipinski definition) is 5. The van der Waals surface area contributed by atoms with E-state index >= 15 is 0 Å². The number of carboxylic acid groups (broad SMARTS) is 1. The van der Waals surface area contributed by atoms with Crippen LogP contribution in [-0.4, -0.2) is 54.0 Å². The second kappa shape index (κ2) is 24.9. The fourth-order valence-electron chi connectivity index (χ4n) is 6.42. The highest BCUT2D eigenvalue weighted by molar-refractivity contribution is 6.36. The van der Waals surface area contributed by atoms with Gasteiger partial charge in [-0.25, -0.2) is 14.8 Å². The number of aromatic nitrogens is 6. The first kappa shape index (κ1) is 50.7. The van der Waals surface area contributed by atoms with Crippen LogP contribution in [0.15, 0.2) is 110 Å². The second-order valence-corrected chi connectivity index (χ2v) is 15.9. The van der Waals surface area contributed by atoms with Crippen molar-refractivity contribution in [1.82, 2.24) is 35.2 Å². The number of aromatic carboxylic acids is 1. The average Bonchev–Trinajstić information content (AvgIpc) is 3.26. The quantitative estimate of drug-likeness (QED) is 0.0912. The number of amides is 1. The minimum atomic E-state index is -1.00. The Balaban J connectivity index is 0.000000236. The molecule has 1 amide bonds. The van der Waals surface area contributed by atoms with E-state index in [2.05, 4.69) is 35.2 Å². The monoisotopic (exact) mass is 991 g/mol. The molecular formula is C47H44Cl5FN10O3. The van der Waals surface area contributed by atoms with Gasteiger partial charge in [-0.1, -0.05) is 58.5 Å². The zero-order chi connectivity index (χ0) is 47.9. The minimum absolute atomic E-state index is 0. The van der Waals surface area contributed by atoms with E-state index in [1.54, 1.807) is 61.1 Å². The molecule has 2 aromatic carbocycles. The molecule has 0 saturated carbocycles. The van der Waals surface area contributed by atoms with Crippen molar-refractivity contribution in [2.24, 2.45) is 5.73 Å². The molecule has 0 aliphatic rings. The lowest BCUT2D eigenvalue weighted by Gasteiger charge is -2.09. The summed E-state index contributed by atoms with van der Waals surface area (Å²) < 4.78 is 15.5. The van der Waals surface area contributed by atoms with Crippen LogP contribution in [0.2, 0.25) is 20.1 Å². The van der Waals surface area contributed by atoms with Crippen LogP contribution in [0.4, 0.5) is 16.0 Å². The summed E-state index contributed by atoms with van der Waals surface area (Å²) in [6.07, 6.45) is 7.23. The minimum Gasteiger partial charge on any atom is -0.478 e. The second-order valence-electron chi connectivity index (χ2n) is 14.2. The third-order valence-electron chi connectivity index (χ3n) is 9.53. The molecule has 19 heteroatoms. The number of nitrogens with one attached hydrogen (secondary N) is 1. The average molecular weight is 994 g/mol. The fourth-order valence-corrected chi connectivity index (χ4v) is 7.35. The van der Waals surface area contributed by atoms with Crippen LogP contribution >= 0.6 is 58.8 Å². The predicted octanol–water partition coefficient (Wildman–Crippen LogP) is 10.4. The molecule has 6 heterocycles. The Morgan fingerprint density at radius 3 is 1.59 bits per heavy atom. The summed E-state index contributed by atoms with van der Waals surface area (Å²) in [4.78, 5) is 49.0. The molecule has 0 aliphatic heterocycles. The predicted molar refractivity (Wildman–Crippen MR) is 265 cm³/mol. The zero-order valence-corrected chi connectivity index (χ0v) is 39.2. The van der Waals surface area contributed by atoms with Crippen molar-refractivity contribution in [3.8, 4) is 0 Å². The van der Waals surface area contributed by atoms with Crippen molar-refractivity contribution >= 4 is 104 Å². The van der Waals surface area contributed by atoms with E-state index in [0.29, 0.717) is 79.9 Å². The number of alkyl halides is 1. The van der Waals surface area contributed by atoms with Crippen molar-refractivity contribution in [1.29, 1.82) is 0 Å². The van der Waals surface area contributed by atoms with Gasteiger partial charge in [0.25, 0.3) is 5.91 Å². The number of pyridine rings is 6. The third kappa shape index (κ3) is 14.6. The van der Waals surface area contributed by atoms with Crippen LogP contribution < -0.4 is 22.5 Å². The molecule has 0 fully saturated rings. The molecule has 0 aliphatic carbocycles. The maximum absolute atomic E-state index is 12.6. The Labute approximate surface area is 407 Å². The van der Waals surface area contributed by atoms with Gasteiger partial charge in [-0.2, -0.15) is 0 Å². The summed E-state index contributed by atoms with van der Waals surface area (Å²) in [5.74, 6) is -0.156. The first-order valence-corrected chi connectivity index (χ1v) is 21.0. The van der Waals surface area contributed by atoms with Crippen LogP contribution in [0.5, 0.6) is 0 Å². The highest BCUT2D eigenvalue weighted by Crippen LogP contribution is 2.28. The summed E-state index contributed by atoms with van der Waals surface area (Å²) in [5, 5.41) is 15.8. The molecule has 0 saturated heterocycles. The van der Waals surface area contributed by atoms with Gasteiger partial charge in [0.05, 0.1) is 45.2 Å². The number of fused-ring (bicyclic) bond motifs is 2. The smallest absolute Gasteiger partial charge is 0.335 e. The number of nitrogens with zero attached hydrogens (tertiary/aromatic N) is 6. The van der Waals surface area contributed by atoms with E-state index < -0.39 is 13.1 Å². The summed E-state index contributed by atoms with van der Waals surface area (Å²) in [6, 6.07) is 24.9. The van der Waals surface area contributed by atoms with Gasteiger partial charge < -0.3 is 27.6 Å². The van der Waals surface area contributed by atoms with Crippen LogP contribution in [0.25, 0.3) is 21.8 Å². The zero-order valence-electron chi connectivity index (χ0n) is 36.4. The lowest BCUT2D eigenvalue weighted by molar-refractivity contribution is 0.0696. The Hall–Kier alpha value is -6.26. The van der Waals surface area contributed by atoms with Gasteiger partial charge in [0.15, 0.2) is 0 Å². The van der Waals surface area contributed by atoms with E-state index in [0.717, 1.165) is 50.1 Å². The van der Waals surface area contributed by atoms with Gasteiger partial charge in [-0.05, 0) is 109 Å². The van der Waals surface area contributed by atoms with Gasteiger partial charge in [0.2, 0.25) is 0 Å². The number of benzene rings is 2. The van der Waals surface area contributed by atoms with E-state index in [-0.39, 0.29) is 23.9 Å². The van der Waals surface area contributed by atoms with E-state index in [1.165, 1.54) is 12.3 Å². The van der Waals surface area contributed by atoms with Gasteiger partial charge in [-0.15, -0.1) is 12.4 Å². The number of anilines is 2. The van der Waals surface area contributed by atoms with Crippen molar-refractivity contribution in [2.75, 3.05) is 18.6 Å². The largest absolute Gasteiger partial charge is 0.478 e. The SMILES string of the molecule is Cc1nc(N)ccc1CN.Cc1nc(N)ccc1CNC(=O)c1ccnc(Cc2cc(Cl)c3ncc(Cl)cc3c2)c1.Cl.O=C(O)c1ccnc(Cc2cc(Cl)c3ncc(Cl)cc3c2)c1.[2H]CF. The summed E-state index contributed by atoms with van der Waals surface area (Å²) in [6.45, 7) is 4.65. The van der Waals surface area contributed by atoms with E-state index in [4.69, 9.17) is 70.1 Å². The van der Waals surface area contributed by atoms with Crippen LogP contribution in [-0.2, 0) is 25.9 Å². The molecule has 342 valence electrons. The molecule has 8 N–H and O–H groups in total. The van der Waals surface area contributed by atoms with Crippen molar-refractivity contribution < 1.29 is 20.5 Å². The Morgan fingerprint density at radius 2 is 1.14 bits per heavy atom. The molecule has 0 radical (unpaired) electrons. The normalized spacial score (nSPS) is 10.5. The van der Waals surface area contributed by atoms with Crippen molar-refractivity contribution in [2.45, 2.75) is 39.8 Å². The first-order valence-electron chi connectivity index (χ1n) is 20.2. The molecule has 8 aromatic rings. The third-order valence-corrected chi connectivity index (χ3v) is 10.5. The van der Waals surface area contributed by atoms with Crippen molar-refractivity contribution in [3.05, 3.63) is 186 Å². The lowest BCUT2D eigenvalue weighted by atomic mass is 10.0. The number of hydrogen-bond acceptors (Lipinski definition) is 11. The number of rotatable bonds is 9. The summed E-state index contributed by atoms with van der Waals surface area (Å²) in [5.41, 5.74) is 25.6. The summed E-state index contributed by atoms with van der Waals surface area (Å²) in [7, 11) is -1.00. The van der Waals surface area contributed by atoms with Gasteiger partial charge >= 0.3 is 5.97 Å². The van der Waals surface area contributed by atoms with E-state index in [1.807, 2.05) is 50.2 Å². The van der Waals surface area contributed by atoms with Crippen LogP contribution in [0.1, 0.15) is 67.1 Å². The summed E-state index contributed by atoms with van der Waals surface area (Å²) >= 11 is 24.6. The van der Waals surface area contributed by atoms with Gasteiger partial charge in [-0.3, -0.25) is 29.1 Å². The lowest BCUT2D eigenvalue weighted by Crippen LogP contribution is -2.23. The van der Waals surface area contributed by atoms with Crippen molar-refractivity contribution in [3.63, 3.8) is 0 Å². The number of nitrogen functional groups attached to an aromatic ring is 2. The molecule has 6 aromatic heterocycles. The molecule has 13 nitrogen and oxygen atoms in total. The molecule has 8 rings (SSSR count). The molecular weight excluding hydrogens is 949 g/mol. The first-order chi connectivity index (χ1) is 31.6. The number of aryl methyl sites for hydroxylation is 2. The Bertz CT molecular complexity index is 3010. The number of halogens is 6. The number of nitrogens with two attached hydrogens (primary N) is 3. The van der Waals surface area contributed by atoms with Gasteiger partial charge in [0.1, 0.15) is 11.6 Å². The standard InChI is InChI=1S/C23H19Cl2N5O.C16H10Cl2N2O2.C7H11N3.CH3F.ClH/c1-13-16(2-3-21(26)30-13)11-29-23(31)15-4-5-27-19(10-15)7-14-6-17-9-18(24)12-28-22(17)20(25)8-14;17-12-6-11-3-9(5-14(18)15(11)20-8-12)4-13-7-10(16(21)22)1-2-19-13;1-5-6(4-8)2-3-7(9)10-5;1-2;/h2-6,8-10,12H,7,11H2,1H3,(H2,26,30)(H,29,31);1-3,5-8H,4H2,(H,21,22);2-3H,4,8H2,1H3,(H2,9,10);1H3;1H/i;;;1D;.